The Bertz CT molecular complexity index is 1160. The van der Waals surface area contributed by atoms with E-state index in [2.05, 4.69) is 40.2 Å². The minimum atomic E-state index is -0.0840. The van der Waals surface area contributed by atoms with Crippen molar-refractivity contribution < 1.29 is 14.3 Å². The molecule has 3 aromatic rings. The van der Waals surface area contributed by atoms with Gasteiger partial charge in [-0.15, -0.1) is 0 Å². The number of ether oxygens (including phenoxy) is 2. The fraction of sp³-hybridized carbons (Fsp3) is 0.346. The number of hydrogen-bond acceptors (Lipinski definition) is 6. The average molecular weight is 508 g/mol. The monoisotopic (exact) mass is 509 g/mol. The molecule has 0 radical (unpaired) electrons. The predicted octanol–water partition coefficient (Wildman–Crippen LogP) is 4.13. The van der Waals surface area contributed by atoms with Crippen LogP contribution in [0.25, 0.3) is 20.1 Å². The van der Waals surface area contributed by atoms with E-state index in [0.29, 0.717) is 17.9 Å². The quantitative estimate of drug-likeness (QED) is 0.337. The summed E-state index contributed by atoms with van der Waals surface area (Å²) < 4.78 is 13.0. The van der Waals surface area contributed by atoms with E-state index in [9.17, 15) is 10.1 Å². The second kappa shape index (κ2) is 10.4. The van der Waals surface area contributed by atoms with E-state index in [-0.39, 0.29) is 32.5 Å². The molecule has 2 heterocycles. The molecule has 170 valence electrons. The van der Waals surface area contributed by atoms with Gasteiger partial charge in [-0.3, -0.25) is 0 Å². The van der Waals surface area contributed by atoms with Crippen LogP contribution in [0.1, 0.15) is 31.9 Å². The van der Waals surface area contributed by atoms with Gasteiger partial charge in [-0.1, -0.05) is 0 Å². The molecule has 0 bridgehead atoms. The molecule has 2 aromatic carbocycles. The number of carbonyl (C=O) groups excluding carboxylic acids is 1. The fourth-order valence-corrected chi connectivity index (χ4v) is 5.71. The molecule has 4 rings (SSSR count). The van der Waals surface area contributed by atoms with Crippen LogP contribution in [0, 0.1) is 17.2 Å². The van der Waals surface area contributed by atoms with Crippen LogP contribution >= 0.6 is 0 Å². The maximum atomic E-state index is 11.8. The van der Waals surface area contributed by atoms with Crippen molar-refractivity contribution in [2.45, 2.75) is 33.4 Å². The van der Waals surface area contributed by atoms with Crippen molar-refractivity contribution in [2.24, 2.45) is 5.92 Å². The van der Waals surface area contributed by atoms with E-state index in [1.54, 1.807) is 0 Å². The van der Waals surface area contributed by atoms with Gasteiger partial charge >= 0.3 is 194 Å². The number of nitriles is 1. The van der Waals surface area contributed by atoms with Crippen molar-refractivity contribution in [3.8, 4) is 32.0 Å². The molecule has 0 aliphatic carbocycles. The summed E-state index contributed by atoms with van der Waals surface area (Å²) in [6, 6.07) is 16.5. The van der Waals surface area contributed by atoms with Crippen molar-refractivity contribution in [1.29, 1.82) is 5.26 Å². The van der Waals surface area contributed by atoms with Gasteiger partial charge in [-0.25, -0.2) is 0 Å². The average Bonchev–Trinajstić information content (AvgIpc) is 3.26. The van der Waals surface area contributed by atoms with Gasteiger partial charge in [0.2, 0.25) is 0 Å². The number of aromatic nitrogens is 1. The van der Waals surface area contributed by atoms with Crippen LogP contribution in [-0.4, -0.2) is 56.2 Å². The molecule has 0 spiro atoms. The van der Waals surface area contributed by atoms with Gasteiger partial charge in [0, 0.05) is 0 Å². The fourth-order valence-electron chi connectivity index (χ4n) is 3.79. The number of rotatable bonds is 8. The molecule has 0 unspecified atom stereocenters. The van der Waals surface area contributed by atoms with Crippen molar-refractivity contribution >= 4 is 20.5 Å². The van der Waals surface area contributed by atoms with E-state index in [0.717, 1.165) is 29.8 Å². The van der Waals surface area contributed by atoms with Crippen molar-refractivity contribution in [1.82, 2.24) is 9.88 Å². The molecule has 6 nitrogen and oxygen atoms in total. The molecular formula is C26H27N3O3Se. The minimum absolute atomic E-state index is 0.0127. The summed E-state index contributed by atoms with van der Waals surface area (Å²) in [6.45, 7) is 8.54. The zero-order valence-electron chi connectivity index (χ0n) is 19.1. The second-order valence-electron chi connectivity index (χ2n) is 8.36. The Kier molecular flexibility index (Phi) is 7.29. The summed E-state index contributed by atoms with van der Waals surface area (Å²) >= 11 is 0.0684. The molecule has 0 atom stereocenters. The van der Waals surface area contributed by atoms with Crippen LogP contribution in [0.2, 0.25) is 0 Å². The first-order valence-electron chi connectivity index (χ1n) is 11.1. The number of carbonyl (C=O) groups is 1. The van der Waals surface area contributed by atoms with E-state index >= 15 is 0 Å². The summed E-state index contributed by atoms with van der Waals surface area (Å²) in [5.74, 6) is 0.542. The molecule has 33 heavy (non-hydrogen) atoms. The Morgan fingerprint density at radius 2 is 1.94 bits per heavy atom. The van der Waals surface area contributed by atoms with Crippen LogP contribution in [0.3, 0.4) is 0 Å². The summed E-state index contributed by atoms with van der Waals surface area (Å²) in [4.78, 5) is 18.7. The summed E-state index contributed by atoms with van der Waals surface area (Å²) in [6.07, 6.45) is 1.96. The van der Waals surface area contributed by atoms with Gasteiger partial charge in [-0.05, 0) is 6.92 Å². The van der Waals surface area contributed by atoms with Crippen molar-refractivity contribution in [3.63, 3.8) is 0 Å². The number of nitrogens with zero attached hydrogens (tertiary/aromatic N) is 3. The summed E-state index contributed by atoms with van der Waals surface area (Å²) in [5.41, 5.74) is 3.91. The van der Waals surface area contributed by atoms with E-state index < -0.39 is 0 Å². The molecule has 1 fully saturated rings. The predicted molar refractivity (Wildman–Crippen MR) is 128 cm³/mol. The van der Waals surface area contributed by atoms with E-state index in [1.807, 2.05) is 45.2 Å². The number of benzene rings is 2. The van der Waals surface area contributed by atoms with Crippen LogP contribution in [0.15, 0.2) is 48.7 Å². The molecular weight excluding hydrogens is 481 g/mol. The van der Waals surface area contributed by atoms with Gasteiger partial charge < -0.3 is 0 Å². The maximum absolute atomic E-state index is 11.8. The van der Waals surface area contributed by atoms with Crippen LogP contribution in [0.4, 0.5) is 0 Å². The Labute approximate surface area is 200 Å². The van der Waals surface area contributed by atoms with Gasteiger partial charge in [0.1, 0.15) is 0 Å². The molecule has 1 aromatic heterocycles. The van der Waals surface area contributed by atoms with E-state index in [1.165, 1.54) is 15.6 Å². The Morgan fingerprint density at radius 3 is 2.61 bits per heavy atom. The van der Waals surface area contributed by atoms with Crippen molar-refractivity contribution in [3.05, 3.63) is 59.8 Å². The molecule has 0 saturated carbocycles. The van der Waals surface area contributed by atoms with Gasteiger partial charge in [0.05, 0.1) is 0 Å². The molecule has 7 heteroatoms. The van der Waals surface area contributed by atoms with Crippen LogP contribution < -0.4 is 4.74 Å². The Morgan fingerprint density at radius 1 is 1.21 bits per heavy atom. The van der Waals surface area contributed by atoms with Crippen LogP contribution in [0.5, 0.6) is 5.75 Å². The molecule has 1 aliphatic heterocycles. The third-order valence-corrected chi connectivity index (χ3v) is 7.74. The first-order chi connectivity index (χ1) is 16.0. The summed E-state index contributed by atoms with van der Waals surface area (Å²) in [5, 5.41) is 9.50. The second-order valence-corrected chi connectivity index (χ2v) is 10.5. The van der Waals surface area contributed by atoms with Gasteiger partial charge in [0.25, 0.3) is 0 Å². The van der Waals surface area contributed by atoms with Crippen LogP contribution in [-0.2, 0) is 16.1 Å². The molecule has 0 N–H and O–H groups in total. The van der Waals surface area contributed by atoms with Gasteiger partial charge in [-0.2, -0.15) is 0 Å². The zero-order chi connectivity index (χ0) is 23.4. The summed E-state index contributed by atoms with van der Waals surface area (Å²) in [7, 11) is 0. The molecule has 0 amide bonds. The first kappa shape index (κ1) is 23.3. The number of esters is 1. The third-order valence-electron chi connectivity index (χ3n) is 5.44. The zero-order valence-corrected chi connectivity index (χ0v) is 20.8. The van der Waals surface area contributed by atoms with E-state index in [4.69, 9.17) is 9.47 Å². The molecule has 1 saturated heterocycles. The Hall–Kier alpha value is -2.91. The number of hydrogen-bond donors (Lipinski definition) is 0. The third kappa shape index (κ3) is 5.54. The van der Waals surface area contributed by atoms with Gasteiger partial charge in [0.15, 0.2) is 0 Å². The molecule has 1 aliphatic rings. The normalized spacial score (nSPS) is 14.0. The SMILES string of the molecule is CCOC(=O)C1CN(Cc2ccc(-c3cnc(-c4ccc(OC(C)C)c(C#N)c4)[se]3)cc2)C1. The first-order valence-corrected chi connectivity index (χ1v) is 12.8. The number of likely N-dealkylation sites (tertiary alicyclic amines) is 1. The van der Waals surface area contributed by atoms with Crippen molar-refractivity contribution in [2.75, 3.05) is 19.7 Å². The Balaban J connectivity index is 1.40. The standard InChI is InChI=1S/C26H27N3O3Se/c1-4-31-26(30)22-15-29(16-22)14-18-5-7-19(8-6-18)24-13-28-25(33-24)20-9-10-23(32-17(2)3)21(11-20)12-27/h5-11,13,17,22H,4,14-16H2,1-3H3. The topological polar surface area (TPSA) is 75.4 Å².